The van der Waals surface area contributed by atoms with E-state index in [4.69, 9.17) is 4.99 Å². The molecule has 1 saturated heterocycles. The van der Waals surface area contributed by atoms with Crippen LogP contribution < -0.4 is 10.6 Å². The zero-order chi connectivity index (χ0) is 19.8. The lowest BCUT2D eigenvalue weighted by molar-refractivity contribution is -0.114. The number of halogens is 1. The third-order valence-corrected chi connectivity index (χ3v) is 5.03. The molecule has 1 amide bonds. The zero-order valence-electron chi connectivity index (χ0n) is 17.2. The smallest absolute Gasteiger partial charge is 0.221 e. The van der Waals surface area contributed by atoms with Crippen LogP contribution in [0.5, 0.6) is 0 Å². The van der Waals surface area contributed by atoms with Gasteiger partial charge in [0.15, 0.2) is 5.96 Å². The zero-order valence-corrected chi connectivity index (χ0v) is 19.6. The summed E-state index contributed by atoms with van der Waals surface area (Å²) in [5.41, 5.74) is 3.47. The van der Waals surface area contributed by atoms with Gasteiger partial charge in [-0.2, -0.15) is 0 Å². The van der Waals surface area contributed by atoms with Crippen LogP contribution in [0, 0.1) is 0 Å². The van der Waals surface area contributed by atoms with Gasteiger partial charge in [-0.3, -0.25) is 9.79 Å². The molecule has 5 nitrogen and oxygen atoms in total. The number of rotatable bonds is 6. The van der Waals surface area contributed by atoms with Gasteiger partial charge in [0.1, 0.15) is 0 Å². The fourth-order valence-electron chi connectivity index (χ4n) is 3.62. The molecular formula is C23H31IN4O. The molecule has 1 aliphatic rings. The summed E-state index contributed by atoms with van der Waals surface area (Å²) in [6, 6.07) is 18.7. The molecule has 1 heterocycles. The molecule has 0 aliphatic carbocycles. The van der Waals surface area contributed by atoms with E-state index in [1.165, 1.54) is 24.5 Å². The molecule has 2 aromatic rings. The van der Waals surface area contributed by atoms with Gasteiger partial charge in [-0.1, -0.05) is 42.5 Å². The number of carbonyl (C=O) groups excluding carboxylic acids is 1. The number of anilines is 1. The van der Waals surface area contributed by atoms with Gasteiger partial charge >= 0.3 is 0 Å². The van der Waals surface area contributed by atoms with Gasteiger partial charge in [0, 0.05) is 44.7 Å². The maximum atomic E-state index is 11.1. The highest BCUT2D eigenvalue weighted by molar-refractivity contribution is 14.0. The van der Waals surface area contributed by atoms with Crippen LogP contribution >= 0.6 is 24.0 Å². The van der Waals surface area contributed by atoms with Crippen molar-refractivity contribution in [1.29, 1.82) is 0 Å². The molecule has 1 atom stereocenters. The Morgan fingerprint density at radius 3 is 2.52 bits per heavy atom. The predicted molar refractivity (Wildman–Crippen MR) is 131 cm³/mol. The fourth-order valence-corrected chi connectivity index (χ4v) is 3.62. The Morgan fingerprint density at radius 2 is 1.86 bits per heavy atom. The topological polar surface area (TPSA) is 56.7 Å². The first-order chi connectivity index (χ1) is 13.7. The van der Waals surface area contributed by atoms with Crippen LogP contribution in [-0.2, 0) is 11.2 Å². The highest BCUT2D eigenvalue weighted by Crippen LogP contribution is 2.26. The summed E-state index contributed by atoms with van der Waals surface area (Å²) in [5.74, 6) is 1.54. The summed E-state index contributed by atoms with van der Waals surface area (Å²) >= 11 is 0. The maximum absolute atomic E-state index is 11.1. The highest BCUT2D eigenvalue weighted by Gasteiger charge is 2.25. The van der Waals surface area contributed by atoms with Crippen molar-refractivity contribution in [3.63, 3.8) is 0 Å². The minimum Gasteiger partial charge on any atom is -0.357 e. The van der Waals surface area contributed by atoms with E-state index in [2.05, 4.69) is 64.9 Å². The van der Waals surface area contributed by atoms with Crippen molar-refractivity contribution in [2.24, 2.45) is 4.99 Å². The first kappa shape index (κ1) is 23.2. The lowest BCUT2D eigenvalue weighted by atomic mass is 9.99. The van der Waals surface area contributed by atoms with E-state index in [1.54, 1.807) is 0 Å². The van der Waals surface area contributed by atoms with Crippen LogP contribution in [-0.4, -0.2) is 42.9 Å². The fraction of sp³-hybridized carbons (Fsp3) is 0.391. The summed E-state index contributed by atoms with van der Waals surface area (Å²) in [4.78, 5) is 18.3. The summed E-state index contributed by atoms with van der Waals surface area (Å²) in [5, 5.41) is 6.24. The van der Waals surface area contributed by atoms with Gasteiger partial charge in [-0.05, 0) is 43.0 Å². The number of benzene rings is 2. The quantitative estimate of drug-likeness (QED) is 0.350. The lowest BCUT2D eigenvalue weighted by Crippen LogP contribution is -2.40. The molecule has 6 heteroatoms. The van der Waals surface area contributed by atoms with Crippen molar-refractivity contribution >= 4 is 41.5 Å². The number of nitrogens with one attached hydrogen (secondary N) is 2. The van der Waals surface area contributed by atoms with Crippen molar-refractivity contribution in [2.75, 3.05) is 31.5 Å². The largest absolute Gasteiger partial charge is 0.357 e. The average Bonchev–Trinajstić information content (AvgIpc) is 3.19. The molecule has 1 aliphatic heterocycles. The Bertz CT molecular complexity index is 792. The molecule has 0 saturated carbocycles. The second-order valence-corrected chi connectivity index (χ2v) is 7.21. The SMILES string of the molecule is CCNC(=NCCc1ccc(NC(C)=O)cc1)N1CCC(c2ccccc2)C1.I. The van der Waals surface area contributed by atoms with E-state index in [0.29, 0.717) is 5.92 Å². The number of hydrogen-bond acceptors (Lipinski definition) is 2. The predicted octanol–water partition coefficient (Wildman–Crippen LogP) is 4.26. The summed E-state index contributed by atoms with van der Waals surface area (Å²) in [6.07, 6.45) is 2.05. The maximum Gasteiger partial charge on any atom is 0.221 e. The van der Waals surface area contributed by atoms with Crippen molar-refractivity contribution in [2.45, 2.75) is 32.6 Å². The Kier molecular flexibility index (Phi) is 9.44. The average molecular weight is 506 g/mol. The van der Waals surface area contributed by atoms with Gasteiger partial charge in [-0.25, -0.2) is 0 Å². The summed E-state index contributed by atoms with van der Waals surface area (Å²) < 4.78 is 0. The van der Waals surface area contributed by atoms with Crippen LogP contribution in [0.3, 0.4) is 0 Å². The van der Waals surface area contributed by atoms with Crippen molar-refractivity contribution in [1.82, 2.24) is 10.2 Å². The molecule has 2 aromatic carbocycles. The molecule has 0 bridgehead atoms. The van der Waals surface area contributed by atoms with E-state index in [1.807, 2.05) is 12.1 Å². The van der Waals surface area contributed by atoms with Crippen LogP contribution in [0.4, 0.5) is 5.69 Å². The number of nitrogens with zero attached hydrogens (tertiary/aromatic N) is 2. The first-order valence-corrected chi connectivity index (χ1v) is 10.1. The number of carbonyl (C=O) groups is 1. The number of likely N-dealkylation sites (tertiary alicyclic amines) is 1. The number of aliphatic imine (C=N–C) groups is 1. The Morgan fingerprint density at radius 1 is 1.14 bits per heavy atom. The number of guanidine groups is 1. The molecular weight excluding hydrogens is 475 g/mol. The third-order valence-electron chi connectivity index (χ3n) is 5.03. The molecule has 0 aromatic heterocycles. The van der Waals surface area contributed by atoms with Crippen molar-refractivity contribution in [3.05, 3.63) is 65.7 Å². The van der Waals surface area contributed by atoms with Crippen LogP contribution in [0.15, 0.2) is 59.6 Å². The van der Waals surface area contributed by atoms with Crippen LogP contribution in [0.1, 0.15) is 37.3 Å². The Hall–Kier alpha value is -2.09. The summed E-state index contributed by atoms with van der Waals surface area (Å²) in [7, 11) is 0. The number of amides is 1. The van der Waals surface area contributed by atoms with Crippen molar-refractivity contribution in [3.8, 4) is 0 Å². The second kappa shape index (κ2) is 11.8. The van der Waals surface area contributed by atoms with Gasteiger partial charge in [0.05, 0.1) is 0 Å². The minimum atomic E-state index is -0.0490. The molecule has 29 heavy (non-hydrogen) atoms. The van der Waals surface area contributed by atoms with Gasteiger partial charge < -0.3 is 15.5 Å². The summed E-state index contributed by atoms with van der Waals surface area (Å²) in [6.45, 7) is 7.30. The normalized spacial score (nSPS) is 16.3. The molecule has 2 N–H and O–H groups in total. The van der Waals surface area contributed by atoms with E-state index < -0.39 is 0 Å². The lowest BCUT2D eigenvalue weighted by Gasteiger charge is -2.21. The molecule has 1 fully saturated rings. The Balaban J connectivity index is 0.00000300. The molecule has 1 unspecified atom stereocenters. The van der Waals surface area contributed by atoms with E-state index >= 15 is 0 Å². The molecule has 3 rings (SSSR count). The second-order valence-electron chi connectivity index (χ2n) is 7.21. The van der Waals surface area contributed by atoms with Gasteiger partial charge in [0.25, 0.3) is 0 Å². The van der Waals surface area contributed by atoms with E-state index in [9.17, 15) is 4.79 Å². The monoisotopic (exact) mass is 506 g/mol. The Labute approximate surface area is 191 Å². The first-order valence-electron chi connectivity index (χ1n) is 10.1. The van der Waals surface area contributed by atoms with Gasteiger partial charge in [-0.15, -0.1) is 24.0 Å². The van der Waals surface area contributed by atoms with Crippen LogP contribution in [0.25, 0.3) is 0 Å². The number of hydrogen-bond donors (Lipinski definition) is 2. The minimum absolute atomic E-state index is 0. The van der Waals surface area contributed by atoms with E-state index in [-0.39, 0.29) is 29.9 Å². The van der Waals surface area contributed by atoms with Gasteiger partial charge in [0.2, 0.25) is 5.91 Å². The molecule has 0 spiro atoms. The van der Waals surface area contributed by atoms with Crippen LogP contribution in [0.2, 0.25) is 0 Å². The van der Waals surface area contributed by atoms with E-state index in [0.717, 1.165) is 44.2 Å². The standard InChI is InChI=1S/C23H30N4O.HI/c1-3-24-23(27-16-14-21(17-27)20-7-5-4-6-8-20)25-15-13-19-9-11-22(12-10-19)26-18(2)28;/h4-12,21H,3,13-17H2,1-2H3,(H,24,25)(H,26,28);1H. The molecule has 156 valence electrons. The highest BCUT2D eigenvalue weighted by atomic mass is 127. The van der Waals surface area contributed by atoms with Crippen molar-refractivity contribution < 1.29 is 4.79 Å². The third kappa shape index (κ3) is 7.03. The molecule has 0 radical (unpaired) electrons.